The van der Waals surface area contributed by atoms with Crippen LogP contribution in [0, 0.1) is 0 Å². The molecule has 1 unspecified atom stereocenters. The van der Waals surface area contributed by atoms with Crippen LogP contribution in [-0.4, -0.2) is 46.2 Å². The molecular formula is C14H20N6O. The molecule has 0 aliphatic carbocycles. The van der Waals surface area contributed by atoms with Gasteiger partial charge in [0.15, 0.2) is 5.82 Å². The van der Waals surface area contributed by atoms with Gasteiger partial charge >= 0.3 is 0 Å². The largest absolute Gasteiger partial charge is 0.371 e. The molecule has 21 heavy (non-hydrogen) atoms. The van der Waals surface area contributed by atoms with E-state index in [-0.39, 0.29) is 12.1 Å². The van der Waals surface area contributed by atoms with Gasteiger partial charge in [-0.15, -0.1) is 5.10 Å². The van der Waals surface area contributed by atoms with Crippen molar-refractivity contribution in [3.05, 3.63) is 24.0 Å². The molecule has 3 rings (SSSR count). The minimum Gasteiger partial charge on any atom is -0.371 e. The molecule has 1 saturated heterocycles. The van der Waals surface area contributed by atoms with Crippen molar-refractivity contribution in [1.29, 1.82) is 0 Å². The van der Waals surface area contributed by atoms with Gasteiger partial charge in [0.2, 0.25) is 0 Å². The molecule has 2 atom stereocenters. The lowest BCUT2D eigenvalue weighted by Crippen LogP contribution is -2.41. The van der Waals surface area contributed by atoms with Crippen molar-refractivity contribution in [2.75, 3.05) is 25.5 Å². The van der Waals surface area contributed by atoms with Crippen molar-refractivity contribution >= 4 is 5.82 Å². The maximum Gasteiger partial charge on any atom is 0.157 e. The van der Waals surface area contributed by atoms with Crippen LogP contribution < -0.4 is 10.6 Å². The average molecular weight is 288 g/mol. The van der Waals surface area contributed by atoms with Gasteiger partial charge in [-0.25, -0.2) is 0 Å². The highest BCUT2D eigenvalue weighted by molar-refractivity contribution is 5.72. The summed E-state index contributed by atoms with van der Waals surface area (Å²) in [7, 11) is 3.75. The Labute approximate surface area is 123 Å². The summed E-state index contributed by atoms with van der Waals surface area (Å²) < 4.78 is 7.67. The smallest absolute Gasteiger partial charge is 0.157 e. The second-order valence-corrected chi connectivity index (χ2v) is 5.16. The molecule has 0 saturated carbocycles. The van der Waals surface area contributed by atoms with Gasteiger partial charge < -0.3 is 15.4 Å². The summed E-state index contributed by atoms with van der Waals surface area (Å²) in [6.07, 6.45) is 1.69. The van der Waals surface area contributed by atoms with Crippen molar-refractivity contribution in [2.45, 2.75) is 19.1 Å². The Bertz CT molecular complexity index is 626. The fraction of sp³-hybridized carbons (Fsp3) is 0.500. The van der Waals surface area contributed by atoms with E-state index in [9.17, 15) is 0 Å². The summed E-state index contributed by atoms with van der Waals surface area (Å²) in [5.74, 6) is 0.735. The molecular weight excluding hydrogens is 268 g/mol. The SMILES string of the molecule is CNc1nnc([C@@H]2OCCNC2C)cc1-c1ccnn1C. The van der Waals surface area contributed by atoms with Crippen molar-refractivity contribution in [3.8, 4) is 11.3 Å². The Hall–Kier alpha value is -1.99. The predicted octanol–water partition coefficient (Wildman–Crippen LogP) is 0.968. The molecule has 2 aromatic rings. The minimum absolute atomic E-state index is 0.0795. The number of hydrogen-bond acceptors (Lipinski definition) is 6. The van der Waals surface area contributed by atoms with Crippen LogP contribution >= 0.6 is 0 Å². The number of ether oxygens (including phenoxy) is 1. The number of aromatic nitrogens is 4. The summed E-state index contributed by atoms with van der Waals surface area (Å²) >= 11 is 0. The lowest BCUT2D eigenvalue weighted by molar-refractivity contribution is -0.00326. The Morgan fingerprint density at radius 2 is 2.29 bits per heavy atom. The van der Waals surface area contributed by atoms with Crippen LogP contribution in [0.4, 0.5) is 5.82 Å². The highest BCUT2D eigenvalue weighted by atomic mass is 16.5. The van der Waals surface area contributed by atoms with Crippen LogP contribution in [-0.2, 0) is 11.8 Å². The topological polar surface area (TPSA) is 76.9 Å². The van der Waals surface area contributed by atoms with Crippen LogP contribution in [0.5, 0.6) is 0 Å². The Morgan fingerprint density at radius 1 is 1.43 bits per heavy atom. The van der Waals surface area contributed by atoms with Gasteiger partial charge in [0, 0.05) is 38.4 Å². The van der Waals surface area contributed by atoms with E-state index in [1.54, 1.807) is 6.20 Å². The van der Waals surface area contributed by atoms with E-state index in [1.807, 2.05) is 30.9 Å². The fourth-order valence-corrected chi connectivity index (χ4v) is 2.63. The van der Waals surface area contributed by atoms with Gasteiger partial charge in [-0.05, 0) is 19.1 Å². The number of nitrogens with zero attached hydrogens (tertiary/aromatic N) is 4. The number of anilines is 1. The van der Waals surface area contributed by atoms with E-state index >= 15 is 0 Å². The van der Waals surface area contributed by atoms with Gasteiger partial charge in [0.25, 0.3) is 0 Å². The highest BCUT2D eigenvalue weighted by Gasteiger charge is 2.26. The van der Waals surface area contributed by atoms with Crippen molar-refractivity contribution in [1.82, 2.24) is 25.3 Å². The van der Waals surface area contributed by atoms with Crippen LogP contribution in [0.3, 0.4) is 0 Å². The van der Waals surface area contributed by atoms with Crippen molar-refractivity contribution < 1.29 is 4.74 Å². The summed E-state index contributed by atoms with van der Waals surface area (Å²) in [5.41, 5.74) is 2.81. The molecule has 0 amide bonds. The maximum absolute atomic E-state index is 5.84. The zero-order valence-corrected chi connectivity index (χ0v) is 12.5. The molecule has 2 N–H and O–H groups in total. The Morgan fingerprint density at radius 3 is 2.95 bits per heavy atom. The number of morpholine rings is 1. The van der Waals surface area contributed by atoms with E-state index < -0.39 is 0 Å². The van der Waals surface area contributed by atoms with Gasteiger partial charge in [-0.1, -0.05) is 0 Å². The minimum atomic E-state index is -0.0795. The van der Waals surface area contributed by atoms with Crippen LogP contribution in [0.25, 0.3) is 11.3 Å². The normalized spacial score (nSPS) is 22.2. The lowest BCUT2D eigenvalue weighted by atomic mass is 10.0. The first-order valence-electron chi connectivity index (χ1n) is 7.09. The van der Waals surface area contributed by atoms with E-state index in [1.165, 1.54) is 0 Å². The molecule has 112 valence electrons. The van der Waals surface area contributed by atoms with Gasteiger partial charge in [0.05, 0.1) is 18.0 Å². The molecule has 1 aliphatic heterocycles. The van der Waals surface area contributed by atoms with Crippen molar-refractivity contribution in [2.24, 2.45) is 7.05 Å². The number of rotatable bonds is 3. The Balaban J connectivity index is 2.02. The van der Waals surface area contributed by atoms with Crippen LogP contribution in [0.2, 0.25) is 0 Å². The van der Waals surface area contributed by atoms with E-state index in [4.69, 9.17) is 4.74 Å². The lowest BCUT2D eigenvalue weighted by Gasteiger charge is -2.29. The molecule has 0 aromatic carbocycles. The van der Waals surface area contributed by atoms with E-state index in [0.717, 1.165) is 29.3 Å². The van der Waals surface area contributed by atoms with E-state index in [2.05, 4.69) is 32.9 Å². The monoisotopic (exact) mass is 288 g/mol. The molecule has 1 fully saturated rings. The fourth-order valence-electron chi connectivity index (χ4n) is 2.63. The molecule has 0 bridgehead atoms. The predicted molar refractivity (Wildman–Crippen MR) is 79.9 cm³/mol. The second kappa shape index (κ2) is 5.79. The average Bonchev–Trinajstić information content (AvgIpc) is 2.93. The second-order valence-electron chi connectivity index (χ2n) is 5.16. The first-order valence-corrected chi connectivity index (χ1v) is 7.09. The molecule has 0 radical (unpaired) electrons. The zero-order chi connectivity index (χ0) is 14.8. The molecule has 2 aromatic heterocycles. The highest BCUT2D eigenvalue weighted by Crippen LogP contribution is 2.29. The van der Waals surface area contributed by atoms with Crippen molar-refractivity contribution in [3.63, 3.8) is 0 Å². The number of hydrogen-bond donors (Lipinski definition) is 2. The van der Waals surface area contributed by atoms with E-state index in [0.29, 0.717) is 6.61 Å². The number of nitrogens with one attached hydrogen (secondary N) is 2. The van der Waals surface area contributed by atoms with Crippen LogP contribution in [0.1, 0.15) is 18.7 Å². The summed E-state index contributed by atoms with van der Waals surface area (Å²) in [6.45, 7) is 3.65. The first kappa shape index (κ1) is 14.0. The molecule has 7 nitrogen and oxygen atoms in total. The third-order valence-corrected chi connectivity index (χ3v) is 3.76. The molecule has 3 heterocycles. The first-order chi connectivity index (χ1) is 10.2. The standard InChI is InChI=1S/C14H20N6O/c1-9-13(21-7-6-16-9)11-8-10(14(15-2)19-18-11)12-4-5-17-20(12)3/h4-5,8-9,13,16H,6-7H2,1-3H3,(H,15,19)/t9?,13-/m1/s1. The maximum atomic E-state index is 5.84. The molecule has 7 heteroatoms. The summed E-state index contributed by atoms with van der Waals surface area (Å²) in [4.78, 5) is 0. The zero-order valence-electron chi connectivity index (χ0n) is 12.5. The third-order valence-electron chi connectivity index (χ3n) is 3.76. The van der Waals surface area contributed by atoms with Gasteiger partial charge in [0.1, 0.15) is 6.10 Å². The number of aryl methyl sites for hydroxylation is 1. The summed E-state index contributed by atoms with van der Waals surface area (Å²) in [5, 5.41) is 19.3. The molecule has 1 aliphatic rings. The van der Waals surface area contributed by atoms with Gasteiger partial charge in [-0.2, -0.15) is 10.2 Å². The molecule has 0 spiro atoms. The third kappa shape index (κ3) is 2.62. The quantitative estimate of drug-likeness (QED) is 0.876. The van der Waals surface area contributed by atoms with Crippen LogP contribution in [0.15, 0.2) is 18.3 Å². The Kier molecular flexibility index (Phi) is 3.85. The van der Waals surface area contributed by atoms with Gasteiger partial charge in [-0.3, -0.25) is 4.68 Å². The summed E-state index contributed by atoms with van der Waals surface area (Å²) in [6, 6.07) is 4.21.